The van der Waals surface area contributed by atoms with E-state index in [-0.39, 0.29) is 30.7 Å². The highest BCUT2D eigenvalue weighted by Crippen LogP contribution is 2.51. The van der Waals surface area contributed by atoms with Gasteiger partial charge in [-0.15, -0.1) is 0 Å². The number of hydrogen-bond donors (Lipinski definition) is 3. The normalized spacial score (nSPS) is 21.1. The lowest BCUT2D eigenvalue weighted by molar-refractivity contribution is -0.155. The van der Waals surface area contributed by atoms with Crippen LogP contribution >= 0.6 is 0 Å². The third-order valence-corrected chi connectivity index (χ3v) is 12.1. The second-order valence-electron chi connectivity index (χ2n) is 17.4. The summed E-state index contributed by atoms with van der Waals surface area (Å²) in [5.74, 6) is -1.74. The maximum atomic E-state index is 14.8. The van der Waals surface area contributed by atoms with E-state index in [9.17, 15) is 19.5 Å². The molecule has 61 heavy (non-hydrogen) atoms. The van der Waals surface area contributed by atoms with E-state index in [0.717, 1.165) is 50.0 Å². The quantitative estimate of drug-likeness (QED) is 0.0935. The van der Waals surface area contributed by atoms with E-state index in [1.165, 1.54) is 17.5 Å². The Hall–Kier alpha value is -5.93. The smallest absolute Gasteiger partial charge is 0.324 e. The lowest BCUT2D eigenvalue weighted by atomic mass is 9.80. The summed E-state index contributed by atoms with van der Waals surface area (Å²) in [7, 11) is 5.21. The van der Waals surface area contributed by atoms with Crippen LogP contribution in [-0.4, -0.2) is 89.0 Å². The molecule has 0 saturated carbocycles. The number of ether oxygens (including phenoxy) is 2. The van der Waals surface area contributed by atoms with Gasteiger partial charge < -0.3 is 28.9 Å². The number of allylic oxidation sites excluding steroid dienone is 1. The zero-order chi connectivity index (χ0) is 43.2. The molecule has 3 aliphatic heterocycles. The monoisotopic (exact) mass is 826 g/mol. The van der Waals surface area contributed by atoms with Gasteiger partial charge in [0.15, 0.2) is 7.28 Å². The summed E-state index contributed by atoms with van der Waals surface area (Å²) in [5, 5.41) is 15.7. The molecule has 6 bridgehead atoms. The number of methoxy groups -OCH3 is 1. The Labute approximate surface area is 356 Å². The van der Waals surface area contributed by atoms with Gasteiger partial charge in [-0.3, -0.25) is 29.3 Å². The van der Waals surface area contributed by atoms with E-state index in [1.807, 2.05) is 39.5 Å². The number of amides is 2. The first kappa shape index (κ1) is 41.8. The molecule has 2 amide bonds. The molecule has 6 heterocycles. The van der Waals surface area contributed by atoms with Crippen LogP contribution in [0.3, 0.4) is 0 Å². The molecule has 2 saturated heterocycles. The molecule has 2 fully saturated rings. The van der Waals surface area contributed by atoms with E-state index in [2.05, 4.69) is 64.2 Å². The molecule has 2 aromatic carbocycles. The van der Waals surface area contributed by atoms with Gasteiger partial charge in [-0.2, -0.15) is 0 Å². The minimum Gasteiger partial charge on any atom is -0.508 e. The number of fused-ring (bicyclic) bond motifs is 6. The molecular weight excluding hydrogens is 773 g/mol. The summed E-state index contributed by atoms with van der Waals surface area (Å²) in [4.78, 5) is 53.1. The van der Waals surface area contributed by atoms with Crippen LogP contribution < -0.4 is 15.6 Å². The Morgan fingerprint density at radius 1 is 1.11 bits per heavy atom. The van der Waals surface area contributed by atoms with Gasteiger partial charge in [-0.25, -0.2) is 10.4 Å². The summed E-state index contributed by atoms with van der Waals surface area (Å²) < 4.78 is 19.5. The van der Waals surface area contributed by atoms with Crippen molar-refractivity contribution in [1.82, 2.24) is 30.3 Å². The van der Waals surface area contributed by atoms with Gasteiger partial charge in [-0.1, -0.05) is 26.0 Å². The Kier molecular flexibility index (Phi) is 11.3. The fourth-order valence-corrected chi connectivity index (χ4v) is 9.14. The van der Waals surface area contributed by atoms with Gasteiger partial charge in [0, 0.05) is 72.8 Å². The number of cyclic esters (lactones) is 1. The zero-order valence-electron chi connectivity index (χ0n) is 35.9. The summed E-state index contributed by atoms with van der Waals surface area (Å²) in [6.45, 7) is 11.6. The highest BCUT2D eigenvalue weighted by Gasteiger charge is 2.63. The SMILES string of the molecule is CCn1c(-c2cnccc2COC)c2c3cc(ccc31)-c1cc(O)cc(c1)C[C@@]1([B]C1NC(=O)C(=C(C)C)N(C)c1ncco1)C(=O)N1CCC[C@H](N1)C(=O)OCC(C)(C)C2. The van der Waals surface area contributed by atoms with Crippen molar-refractivity contribution in [2.75, 3.05) is 32.2 Å². The molecule has 1 unspecified atom stereocenters. The minimum absolute atomic E-state index is 0.0527. The number of benzene rings is 2. The third-order valence-electron chi connectivity index (χ3n) is 12.1. The lowest BCUT2D eigenvalue weighted by Crippen LogP contribution is -2.57. The minimum atomic E-state index is -1.20. The number of phenolic OH excluding ortho intramolecular Hbond substituents is 1. The second kappa shape index (κ2) is 16.5. The second-order valence-corrected chi connectivity index (χ2v) is 17.4. The fraction of sp³-hybridized carbons (Fsp3) is 0.413. The fourth-order valence-electron chi connectivity index (χ4n) is 9.14. The highest BCUT2D eigenvalue weighted by atomic mass is 16.5. The van der Waals surface area contributed by atoms with Gasteiger partial charge in [0.1, 0.15) is 23.8 Å². The summed E-state index contributed by atoms with van der Waals surface area (Å²) >= 11 is 0. The van der Waals surface area contributed by atoms with Crippen molar-refractivity contribution >= 4 is 42.0 Å². The maximum Gasteiger partial charge on any atom is 0.324 e. The molecule has 1 spiro atoms. The van der Waals surface area contributed by atoms with Gasteiger partial charge in [-0.05, 0) is 110 Å². The van der Waals surface area contributed by atoms with Crippen molar-refractivity contribution < 1.29 is 33.4 Å². The molecule has 15 heteroatoms. The van der Waals surface area contributed by atoms with Crippen LogP contribution in [0.1, 0.15) is 64.2 Å². The molecule has 3 aromatic heterocycles. The summed E-state index contributed by atoms with van der Waals surface area (Å²) in [5.41, 5.74) is 11.3. The van der Waals surface area contributed by atoms with Crippen LogP contribution in [0, 0.1) is 5.41 Å². The van der Waals surface area contributed by atoms with Crippen molar-refractivity contribution in [2.45, 2.75) is 90.8 Å². The number of pyridine rings is 1. The Morgan fingerprint density at radius 2 is 1.93 bits per heavy atom. The number of hydrazine groups is 1. The van der Waals surface area contributed by atoms with E-state index in [4.69, 9.17) is 13.9 Å². The highest BCUT2D eigenvalue weighted by molar-refractivity contribution is 6.64. The van der Waals surface area contributed by atoms with Crippen LogP contribution in [0.2, 0.25) is 5.31 Å². The number of esters is 1. The van der Waals surface area contributed by atoms with Crippen LogP contribution in [0.4, 0.5) is 6.01 Å². The Bertz CT molecular complexity index is 2530. The number of rotatable bonds is 8. The van der Waals surface area contributed by atoms with Gasteiger partial charge in [0.05, 0.1) is 25.1 Å². The number of carbonyl (C=O) groups is 3. The van der Waals surface area contributed by atoms with E-state index < -0.39 is 34.6 Å². The number of aryl methyl sites for hydroxylation is 1. The lowest BCUT2D eigenvalue weighted by Gasteiger charge is -2.36. The van der Waals surface area contributed by atoms with Crippen LogP contribution in [0.5, 0.6) is 5.75 Å². The number of carbonyl (C=O) groups excluding carboxylic acids is 3. The molecule has 0 aliphatic carbocycles. The summed E-state index contributed by atoms with van der Waals surface area (Å²) in [6.07, 6.45) is 8.43. The van der Waals surface area contributed by atoms with Gasteiger partial charge in [0.2, 0.25) is 5.91 Å². The van der Waals surface area contributed by atoms with E-state index in [1.54, 1.807) is 37.4 Å². The van der Waals surface area contributed by atoms with Crippen LogP contribution in [0.15, 0.2) is 83.0 Å². The van der Waals surface area contributed by atoms with Crippen LogP contribution in [0.25, 0.3) is 33.3 Å². The Balaban J connectivity index is 1.24. The first-order valence-corrected chi connectivity index (χ1v) is 20.9. The average Bonchev–Trinajstić information content (AvgIpc) is 3.52. The molecule has 3 N–H and O–H groups in total. The number of nitrogens with one attached hydrogen (secondary N) is 2. The van der Waals surface area contributed by atoms with E-state index >= 15 is 0 Å². The number of oxazole rings is 1. The van der Waals surface area contributed by atoms with Crippen molar-refractivity contribution in [1.29, 1.82) is 0 Å². The third kappa shape index (κ3) is 8.04. The molecule has 5 aromatic rings. The molecule has 1 radical (unpaired) electrons. The first-order chi connectivity index (χ1) is 29.2. The standard InChI is InChI=1S/C46H53BN7O7/c1-8-53-37-12-11-29-21-33(37)34(39(53)35-24-48-14-13-30(35)25-59-7)23-45(4,5)26-61-41(57)36-10-9-16-54(51-36)43(58)46(22-28-18-31(29)20-32(55)19-28)42(47-46)50-40(56)38(27(2)3)52(6)44-49-15-17-60-44/h11-15,17-21,24,36,42,51,55H,8-10,16,22-23,25-26H2,1-7H3,(H,50,56)/t36-,42?,46-/m0/s1. The number of aromatic nitrogens is 3. The number of likely N-dealkylation sites (N-methyl/N-ethyl adjacent to an activating group) is 1. The van der Waals surface area contributed by atoms with Crippen molar-refractivity contribution in [3.63, 3.8) is 0 Å². The number of phenols is 1. The van der Waals surface area contributed by atoms with Crippen LogP contribution in [-0.2, 0) is 49.9 Å². The van der Waals surface area contributed by atoms with Crippen molar-refractivity contribution in [3.05, 3.63) is 95.3 Å². The van der Waals surface area contributed by atoms with E-state index in [0.29, 0.717) is 50.2 Å². The molecule has 3 aliphatic rings. The number of aromatic hydroxyl groups is 1. The summed E-state index contributed by atoms with van der Waals surface area (Å²) in [6, 6.07) is 13.2. The molecule has 14 nitrogen and oxygen atoms in total. The first-order valence-electron chi connectivity index (χ1n) is 20.9. The maximum absolute atomic E-state index is 14.8. The predicted molar refractivity (Wildman–Crippen MR) is 232 cm³/mol. The average molecular weight is 827 g/mol. The van der Waals surface area contributed by atoms with Crippen molar-refractivity contribution in [2.24, 2.45) is 5.41 Å². The largest absolute Gasteiger partial charge is 0.508 e. The molecule has 8 rings (SSSR count). The van der Waals surface area contributed by atoms with Gasteiger partial charge in [0.25, 0.3) is 5.91 Å². The predicted octanol–water partition coefficient (Wildman–Crippen LogP) is 6.14. The topological polar surface area (TPSA) is 164 Å². The van der Waals surface area contributed by atoms with Crippen molar-refractivity contribution in [3.8, 4) is 28.1 Å². The number of nitrogens with zero attached hydrogens (tertiary/aromatic N) is 5. The number of hydrogen-bond acceptors (Lipinski definition) is 11. The number of anilines is 1. The Morgan fingerprint density at radius 3 is 2.67 bits per heavy atom. The zero-order valence-corrected chi connectivity index (χ0v) is 35.9. The molecular formula is C46H53BN7O7. The molecule has 317 valence electrons. The molecule has 3 atom stereocenters. The van der Waals surface area contributed by atoms with Gasteiger partial charge >= 0.3 is 12.0 Å².